The number of amidine groups is 1. The molecule has 1 atom stereocenters. The summed E-state index contributed by atoms with van der Waals surface area (Å²) in [5.41, 5.74) is 6.85. The van der Waals surface area contributed by atoms with Gasteiger partial charge in [0.15, 0.2) is 0 Å². The summed E-state index contributed by atoms with van der Waals surface area (Å²) in [4.78, 5) is 2.25. The van der Waals surface area contributed by atoms with E-state index in [2.05, 4.69) is 18.7 Å². The highest BCUT2D eigenvalue weighted by molar-refractivity contribution is 5.84. The molecule has 0 bridgehead atoms. The van der Waals surface area contributed by atoms with Crippen LogP contribution in [0.1, 0.15) is 38.2 Å². The minimum Gasteiger partial charge on any atom is -0.395 e. The smallest absolute Gasteiger partial charge is 0.0995 e. The number of nitrogens with zero attached hydrogens (tertiary/aromatic N) is 1. The van der Waals surface area contributed by atoms with Crippen LogP contribution >= 0.6 is 0 Å². The summed E-state index contributed by atoms with van der Waals surface area (Å²) >= 11 is 0. The first-order chi connectivity index (χ1) is 9.63. The van der Waals surface area contributed by atoms with Gasteiger partial charge in [-0.05, 0) is 18.4 Å². The normalized spacial score (nSPS) is 12.8. The highest BCUT2D eigenvalue weighted by atomic mass is 16.3. The average molecular weight is 277 g/mol. The summed E-state index contributed by atoms with van der Waals surface area (Å²) in [6.45, 7) is 5.76. The summed E-state index contributed by atoms with van der Waals surface area (Å²) in [5, 5.41) is 17.1. The molecule has 1 unspecified atom stereocenters. The second kappa shape index (κ2) is 8.72. The van der Waals surface area contributed by atoms with E-state index in [0.29, 0.717) is 19.1 Å². The van der Waals surface area contributed by atoms with Crippen LogP contribution in [0, 0.1) is 5.41 Å². The van der Waals surface area contributed by atoms with Crippen molar-refractivity contribution in [1.29, 1.82) is 5.41 Å². The Labute approximate surface area is 122 Å². The fourth-order valence-corrected chi connectivity index (χ4v) is 2.66. The Kier molecular flexibility index (Phi) is 7.26. The molecular weight excluding hydrogens is 250 g/mol. The maximum atomic E-state index is 9.27. The summed E-state index contributed by atoms with van der Waals surface area (Å²) in [7, 11) is 0. The van der Waals surface area contributed by atoms with E-state index in [-0.39, 0.29) is 18.4 Å². The number of aliphatic hydroxyl groups is 1. The molecule has 1 aromatic rings. The second-order valence-electron chi connectivity index (χ2n) is 5.11. The number of rotatable bonds is 9. The minimum atomic E-state index is -0.108. The third-order valence-electron chi connectivity index (χ3n) is 3.84. The SMILES string of the molecule is CCC(CC)N(CCO)CC(C(=N)N)c1ccccc1. The summed E-state index contributed by atoms with van der Waals surface area (Å²) in [6.07, 6.45) is 2.08. The summed E-state index contributed by atoms with van der Waals surface area (Å²) in [6, 6.07) is 10.4. The van der Waals surface area contributed by atoms with E-state index in [1.165, 1.54) is 0 Å². The van der Waals surface area contributed by atoms with Gasteiger partial charge in [-0.25, -0.2) is 0 Å². The highest BCUT2D eigenvalue weighted by Crippen LogP contribution is 2.19. The second-order valence-corrected chi connectivity index (χ2v) is 5.11. The van der Waals surface area contributed by atoms with Crippen molar-refractivity contribution in [2.45, 2.75) is 38.6 Å². The Morgan fingerprint density at radius 1 is 1.25 bits per heavy atom. The van der Waals surface area contributed by atoms with Gasteiger partial charge in [-0.3, -0.25) is 10.3 Å². The van der Waals surface area contributed by atoms with Crippen LogP contribution in [-0.4, -0.2) is 41.6 Å². The van der Waals surface area contributed by atoms with Crippen LogP contribution in [0.5, 0.6) is 0 Å². The maximum Gasteiger partial charge on any atom is 0.0995 e. The zero-order valence-corrected chi connectivity index (χ0v) is 12.5. The standard InChI is InChI=1S/C16H27N3O/c1-3-14(4-2)19(10-11-20)12-15(16(17)18)13-8-6-5-7-9-13/h5-9,14-15,20H,3-4,10-12H2,1-2H3,(H3,17,18). The molecule has 4 nitrogen and oxygen atoms in total. The van der Waals surface area contributed by atoms with E-state index >= 15 is 0 Å². The molecule has 0 amide bonds. The average Bonchev–Trinajstić information content (AvgIpc) is 2.46. The Morgan fingerprint density at radius 2 is 1.85 bits per heavy atom. The van der Waals surface area contributed by atoms with Crippen LogP contribution in [-0.2, 0) is 0 Å². The first kappa shape index (κ1) is 16.7. The van der Waals surface area contributed by atoms with Gasteiger partial charge >= 0.3 is 0 Å². The zero-order chi connectivity index (χ0) is 15.0. The fourth-order valence-electron chi connectivity index (χ4n) is 2.66. The number of hydrogen-bond donors (Lipinski definition) is 3. The number of hydrogen-bond acceptors (Lipinski definition) is 3. The Hall–Kier alpha value is -1.39. The predicted octanol–water partition coefficient (Wildman–Crippen LogP) is 2.19. The molecule has 0 aliphatic carbocycles. The molecule has 0 saturated heterocycles. The minimum absolute atomic E-state index is 0.108. The molecule has 0 fully saturated rings. The van der Waals surface area contributed by atoms with Gasteiger partial charge in [-0.2, -0.15) is 0 Å². The Morgan fingerprint density at radius 3 is 2.30 bits per heavy atom. The number of aliphatic hydroxyl groups excluding tert-OH is 1. The van der Waals surface area contributed by atoms with Gasteiger partial charge in [-0.1, -0.05) is 44.2 Å². The Balaban J connectivity index is 2.89. The van der Waals surface area contributed by atoms with Crippen molar-refractivity contribution in [1.82, 2.24) is 4.90 Å². The van der Waals surface area contributed by atoms with E-state index in [0.717, 1.165) is 18.4 Å². The fraction of sp³-hybridized carbons (Fsp3) is 0.562. The van der Waals surface area contributed by atoms with Crippen LogP contribution in [0.15, 0.2) is 30.3 Å². The van der Waals surface area contributed by atoms with E-state index in [1.54, 1.807) is 0 Å². The van der Waals surface area contributed by atoms with Crippen molar-refractivity contribution in [3.8, 4) is 0 Å². The molecular formula is C16H27N3O. The first-order valence-corrected chi connectivity index (χ1v) is 7.37. The highest BCUT2D eigenvalue weighted by Gasteiger charge is 2.22. The van der Waals surface area contributed by atoms with E-state index < -0.39 is 0 Å². The molecule has 1 aromatic carbocycles. The topological polar surface area (TPSA) is 73.3 Å². The number of nitrogens with one attached hydrogen (secondary N) is 1. The molecule has 4 N–H and O–H groups in total. The van der Waals surface area contributed by atoms with Gasteiger partial charge in [0, 0.05) is 19.1 Å². The molecule has 0 aliphatic rings. The molecule has 0 aromatic heterocycles. The van der Waals surface area contributed by atoms with Crippen molar-refractivity contribution in [2.24, 2.45) is 5.73 Å². The third kappa shape index (κ3) is 4.62. The molecule has 0 radical (unpaired) electrons. The molecule has 0 spiro atoms. The third-order valence-corrected chi connectivity index (χ3v) is 3.84. The largest absolute Gasteiger partial charge is 0.395 e. The lowest BCUT2D eigenvalue weighted by Crippen LogP contribution is -2.42. The quantitative estimate of drug-likeness (QED) is 0.478. The van der Waals surface area contributed by atoms with E-state index in [9.17, 15) is 5.11 Å². The van der Waals surface area contributed by atoms with Crippen LogP contribution in [0.4, 0.5) is 0 Å². The molecule has 1 rings (SSSR count). The summed E-state index contributed by atoms with van der Waals surface area (Å²) < 4.78 is 0. The molecule has 20 heavy (non-hydrogen) atoms. The number of benzene rings is 1. The predicted molar refractivity (Wildman–Crippen MR) is 84.1 cm³/mol. The monoisotopic (exact) mass is 277 g/mol. The number of nitrogens with two attached hydrogens (primary N) is 1. The lowest BCUT2D eigenvalue weighted by molar-refractivity contribution is 0.142. The van der Waals surface area contributed by atoms with Crippen molar-refractivity contribution < 1.29 is 5.11 Å². The molecule has 0 aliphatic heterocycles. The summed E-state index contributed by atoms with van der Waals surface area (Å²) in [5.74, 6) is 0.0773. The van der Waals surface area contributed by atoms with Crippen molar-refractivity contribution >= 4 is 5.84 Å². The van der Waals surface area contributed by atoms with Crippen LogP contribution in [0.2, 0.25) is 0 Å². The first-order valence-electron chi connectivity index (χ1n) is 7.37. The van der Waals surface area contributed by atoms with Crippen molar-refractivity contribution in [3.05, 3.63) is 35.9 Å². The van der Waals surface area contributed by atoms with Gasteiger partial charge in [0.1, 0.15) is 0 Å². The van der Waals surface area contributed by atoms with Crippen molar-refractivity contribution in [2.75, 3.05) is 19.7 Å². The van der Waals surface area contributed by atoms with Gasteiger partial charge < -0.3 is 10.8 Å². The lowest BCUT2D eigenvalue weighted by Gasteiger charge is -2.33. The van der Waals surface area contributed by atoms with Crippen molar-refractivity contribution in [3.63, 3.8) is 0 Å². The van der Waals surface area contributed by atoms with Gasteiger partial charge in [-0.15, -0.1) is 0 Å². The lowest BCUT2D eigenvalue weighted by atomic mass is 9.96. The van der Waals surface area contributed by atoms with Gasteiger partial charge in [0.25, 0.3) is 0 Å². The maximum absolute atomic E-state index is 9.27. The zero-order valence-electron chi connectivity index (χ0n) is 12.5. The Bertz CT molecular complexity index is 390. The molecule has 0 heterocycles. The van der Waals surface area contributed by atoms with Crippen LogP contribution in [0.25, 0.3) is 0 Å². The molecule has 112 valence electrons. The molecule has 0 saturated carbocycles. The van der Waals surface area contributed by atoms with Crippen LogP contribution < -0.4 is 5.73 Å². The molecule has 4 heteroatoms. The van der Waals surface area contributed by atoms with Crippen LogP contribution in [0.3, 0.4) is 0 Å². The van der Waals surface area contributed by atoms with Gasteiger partial charge in [0.2, 0.25) is 0 Å². The van der Waals surface area contributed by atoms with E-state index in [4.69, 9.17) is 11.1 Å². The van der Waals surface area contributed by atoms with E-state index in [1.807, 2.05) is 30.3 Å². The van der Waals surface area contributed by atoms with Gasteiger partial charge in [0.05, 0.1) is 18.4 Å².